The molecule has 2 rings (SSSR count). The van der Waals surface area contributed by atoms with Crippen LogP contribution < -0.4 is 9.47 Å². The molecule has 0 saturated heterocycles. The van der Waals surface area contributed by atoms with Gasteiger partial charge in [-0.1, -0.05) is 0 Å². The van der Waals surface area contributed by atoms with Crippen LogP contribution in [0.4, 0.5) is 0 Å². The van der Waals surface area contributed by atoms with Crippen molar-refractivity contribution >= 4 is 11.6 Å². The van der Waals surface area contributed by atoms with Crippen molar-refractivity contribution in [3.8, 4) is 23.0 Å². The quantitative estimate of drug-likeness (QED) is 0.785. The van der Waals surface area contributed by atoms with Crippen LogP contribution in [0.1, 0.15) is 5.89 Å². The van der Waals surface area contributed by atoms with Crippen LogP contribution in [0.25, 0.3) is 11.5 Å². The first kappa shape index (κ1) is 11.7. The second-order valence-electron chi connectivity index (χ2n) is 3.20. The van der Waals surface area contributed by atoms with Gasteiger partial charge in [-0.3, -0.25) is 0 Å². The first-order valence-electron chi connectivity index (χ1n) is 4.89. The van der Waals surface area contributed by atoms with E-state index in [4.69, 9.17) is 25.5 Å². The van der Waals surface area contributed by atoms with Crippen LogP contribution in [0.3, 0.4) is 0 Å². The molecule has 0 bridgehead atoms. The van der Waals surface area contributed by atoms with Crippen LogP contribution in [-0.4, -0.2) is 24.4 Å². The molecule has 0 aliphatic carbocycles. The molecule has 90 valence electrons. The molecule has 1 aromatic heterocycles. The van der Waals surface area contributed by atoms with Gasteiger partial charge in [-0.25, -0.2) is 0 Å². The number of methoxy groups -OCH3 is 2. The van der Waals surface area contributed by atoms with Gasteiger partial charge in [0.15, 0.2) is 0 Å². The normalized spacial score (nSPS) is 10.3. The molecule has 17 heavy (non-hydrogen) atoms. The highest BCUT2D eigenvalue weighted by Crippen LogP contribution is 2.32. The minimum absolute atomic E-state index is 0.180. The summed E-state index contributed by atoms with van der Waals surface area (Å²) < 4.78 is 15.7. The first-order chi connectivity index (χ1) is 8.28. The Hall–Kier alpha value is -1.75. The van der Waals surface area contributed by atoms with Gasteiger partial charge in [-0.15, -0.1) is 21.8 Å². The second kappa shape index (κ2) is 5.05. The van der Waals surface area contributed by atoms with E-state index < -0.39 is 0 Å². The average molecular weight is 255 g/mol. The van der Waals surface area contributed by atoms with E-state index in [-0.39, 0.29) is 5.88 Å². The average Bonchev–Trinajstić information content (AvgIpc) is 2.86. The zero-order chi connectivity index (χ0) is 12.3. The SMILES string of the molecule is COc1ccc(OC)c(-c2nnc(CCl)o2)c1. The number of hydrogen-bond acceptors (Lipinski definition) is 5. The summed E-state index contributed by atoms with van der Waals surface area (Å²) in [5.74, 6) is 2.23. The van der Waals surface area contributed by atoms with Crippen LogP contribution in [0.15, 0.2) is 22.6 Å². The zero-order valence-electron chi connectivity index (χ0n) is 9.44. The molecule has 5 nitrogen and oxygen atoms in total. The smallest absolute Gasteiger partial charge is 0.251 e. The molecule has 0 N–H and O–H groups in total. The number of rotatable bonds is 4. The van der Waals surface area contributed by atoms with Crippen molar-refractivity contribution in [3.05, 3.63) is 24.1 Å². The minimum Gasteiger partial charge on any atom is -0.497 e. The number of benzene rings is 1. The topological polar surface area (TPSA) is 57.4 Å². The third-order valence-electron chi connectivity index (χ3n) is 2.22. The zero-order valence-corrected chi connectivity index (χ0v) is 10.2. The van der Waals surface area contributed by atoms with E-state index in [1.54, 1.807) is 32.4 Å². The third-order valence-corrected chi connectivity index (χ3v) is 2.45. The lowest BCUT2D eigenvalue weighted by Crippen LogP contribution is -1.90. The standard InChI is InChI=1S/C11H11ClN2O3/c1-15-7-3-4-9(16-2)8(5-7)11-14-13-10(6-12)17-11/h3-5H,6H2,1-2H3. The first-order valence-corrected chi connectivity index (χ1v) is 5.42. The lowest BCUT2D eigenvalue weighted by Gasteiger charge is -2.06. The fourth-order valence-corrected chi connectivity index (χ4v) is 1.51. The van der Waals surface area contributed by atoms with Crippen molar-refractivity contribution in [3.63, 3.8) is 0 Å². The Morgan fingerprint density at radius 1 is 1.24 bits per heavy atom. The molecule has 0 amide bonds. The van der Waals surface area contributed by atoms with Gasteiger partial charge in [0.2, 0.25) is 5.89 Å². The van der Waals surface area contributed by atoms with Crippen LogP contribution in [-0.2, 0) is 5.88 Å². The van der Waals surface area contributed by atoms with Crippen molar-refractivity contribution in [2.45, 2.75) is 5.88 Å². The van der Waals surface area contributed by atoms with Gasteiger partial charge in [-0.05, 0) is 18.2 Å². The Labute approximate surface area is 103 Å². The van der Waals surface area contributed by atoms with Crippen LogP contribution >= 0.6 is 11.6 Å². The van der Waals surface area contributed by atoms with Gasteiger partial charge in [0.1, 0.15) is 17.4 Å². The van der Waals surface area contributed by atoms with Gasteiger partial charge in [0.25, 0.3) is 5.89 Å². The highest BCUT2D eigenvalue weighted by Gasteiger charge is 2.14. The van der Waals surface area contributed by atoms with Crippen molar-refractivity contribution in [2.75, 3.05) is 14.2 Å². The summed E-state index contributed by atoms with van der Waals surface area (Å²) >= 11 is 5.61. The summed E-state index contributed by atoms with van der Waals surface area (Å²) in [5, 5.41) is 7.70. The molecule has 6 heteroatoms. The second-order valence-corrected chi connectivity index (χ2v) is 3.47. The summed E-state index contributed by atoms with van der Waals surface area (Å²) in [7, 11) is 3.16. The van der Waals surface area contributed by atoms with Crippen molar-refractivity contribution in [2.24, 2.45) is 0 Å². The summed E-state index contributed by atoms with van der Waals surface area (Å²) in [6.07, 6.45) is 0. The molecular formula is C11H11ClN2O3. The Morgan fingerprint density at radius 2 is 2.06 bits per heavy atom. The van der Waals surface area contributed by atoms with E-state index in [9.17, 15) is 0 Å². The van der Waals surface area contributed by atoms with E-state index in [0.717, 1.165) is 0 Å². The Bertz CT molecular complexity index is 513. The summed E-state index contributed by atoms with van der Waals surface area (Å²) in [6, 6.07) is 5.34. The largest absolute Gasteiger partial charge is 0.497 e. The van der Waals surface area contributed by atoms with E-state index in [1.165, 1.54) is 0 Å². The molecule has 0 saturated carbocycles. The van der Waals surface area contributed by atoms with Gasteiger partial charge in [0, 0.05) is 0 Å². The predicted octanol–water partition coefficient (Wildman–Crippen LogP) is 2.49. The summed E-state index contributed by atoms with van der Waals surface area (Å²) in [4.78, 5) is 0. The van der Waals surface area contributed by atoms with E-state index >= 15 is 0 Å². The summed E-state index contributed by atoms with van der Waals surface area (Å²) in [6.45, 7) is 0. The molecule has 2 aromatic rings. The molecule has 1 heterocycles. The molecule has 0 aliphatic heterocycles. The minimum atomic E-state index is 0.180. The van der Waals surface area contributed by atoms with Gasteiger partial charge in [-0.2, -0.15) is 0 Å². The highest BCUT2D eigenvalue weighted by molar-refractivity contribution is 6.16. The number of nitrogens with zero attached hydrogens (tertiary/aromatic N) is 2. The van der Waals surface area contributed by atoms with E-state index in [1.807, 2.05) is 0 Å². The van der Waals surface area contributed by atoms with Crippen molar-refractivity contribution in [1.29, 1.82) is 0 Å². The molecule has 0 radical (unpaired) electrons. The molecule has 0 aliphatic rings. The fourth-order valence-electron chi connectivity index (χ4n) is 1.40. The maximum Gasteiger partial charge on any atom is 0.251 e. The van der Waals surface area contributed by atoms with Gasteiger partial charge >= 0.3 is 0 Å². The van der Waals surface area contributed by atoms with Crippen molar-refractivity contribution in [1.82, 2.24) is 10.2 Å². The maximum atomic E-state index is 5.61. The van der Waals surface area contributed by atoms with Crippen LogP contribution in [0, 0.1) is 0 Å². The van der Waals surface area contributed by atoms with Gasteiger partial charge < -0.3 is 13.9 Å². The number of alkyl halides is 1. The molecule has 0 unspecified atom stereocenters. The van der Waals surface area contributed by atoms with Gasteiger partial charge in [0.05, 0.1) is 19.8 Å². The Balaban J connectivity index is 2.47. The molecule has 1 aromatic carbocycles. The number of aromatic nitrogens is 2. The fraction of sp³-hybridized carbons (Fsp3) is 0.273. The number of hydrogen-bond donors (Lipinski definition) is 0. The lowest BCUT2D eigenvalue weighted by molar-refractivity contribution is 0.402. The Morgan fingerprint density at radius 3 is 2.65 bits per heavy atom. The van der Waals surface area contributed by atoms with E-state index in [2.05, 4.69) is 10.2 Å². The number of halogens is 1. The third kappa shape index (κ3) is 2.34. The molecule has 0 fully saturated rings. The lowest BCUT2D eigenvalue weighted by atomic mass is 10.2. The van der Waals surface area contributed by atoms with E-state index in [0.29, 0.717) is 28.8 Å². The molecule has 0 atom stereocenters. The predicted molar refractivity (Wildman–Crippen MR) is 62.4 cm³/mol. The molecule has 0 spiro atoms. The van der Waals surface area contributed by atoms with Crippen molar-refractivity contribution < 1.29 is 13.9 Å². The van der Waals surface area contributed by atoms with Crippen LogP contribution in [0.5, 0.6) is 11.5 Å². The number of ether oxygens (including phenoxy) is 2. The highest BCUT2D eigenvalue weighted by atomic mass is 35.5. The monoisotopic (exact) mass is 254 g/mol. The van der Waals surface area contributed by atoms with Crippen LogP contribution in [0.2, 0.25) is 0 Å². The molecular weight excluding hydrogens is 244 g/mol. The maximum absolute atomic E-state index is 5.61. The summed E-state index contributed by atoms with van der Waals surface area (Å²) in [5.41, 5.74) is 0.677. The Kier molecular flexibility index (Phi) is 3.49.